The molecule has 4 unspecified atom stereocenters. The van der Waals surface area contributed by atoms with E-state index in [4.69, 9.17) is 16.6 Å². The molecule has 0 spiro atoms. The quantitative estimate of drug-likeness (QED) is 0.151. The topological polar surface area (TPSA) is 192 Å². The number of thioether (sulfide) groups is 1. The monoisotopic (exact) mass is 534 g/mol. The number of rotatable bonds is 16. The molecule has 0 saturated carbocycles. The Balaban J connectivity index is 2.24. The molecule has 0 fully saturated rings. The Bertz CT molecular complexity index is 1060. The number of carboxylic acids is 1. The molecule has 9 N–H and O–H groups in total. The van der Waals surface area contributed by atoms with Crippen molar-refractivity contribution < 1.29 is 24.3 Å². The van der Waals surface area contributed by atoms with Gasteiger partial charge in [-0.3, -0.25) is 19.2 Å². The van der Waals surface area contributed by atoms with Gasteiger partial charge in [-0.05, 0) is 56.4 Å². The Hall–Kier alpha value is -3.09. The molecule has 1 aromatic carbocycles. The fourth-order valence-electron chi connectivity index (χ4n) is 3.80. The lowest BCUT2D eigenvalue weighted by Crippen LogP contribution is -2.57. The number of carboxylic acid groups (broad SMARTS) is 1. The smallest absolute Gasteiger partial charge is 0.325 e. The number of hydrogen-bond acceptors (Lipinski definition) is 7. The molecule has 11 nitrogen and oxygen atoms in total. The van der Waals surface area contributed by atoms with Crippen LogP contribution in [0.1, 0.15) is 38.2 Å². The van der Waals surface area contributed by atoms with Crippen molar-refractivity contribution in [1.29, 1.82) is 0 Å². The van der Waals surface area contributed by atoms with E-state index in [1.54, 1.807) is 6.20 Å². The lowest BCUT2D eigenvalue weighted by atomic mass is 10.0. The van der Waals surface area contributed by atoms with Crippen LogP contribution in [0.4, 0.5) is 0 Å². The summed E-state index contributed by atoms with van der Waals surface area (Å²) < 4.78 is 0. The SMILES string of the molecule is CSCCC(NC(=O)C(Cc1c[nH]c2ccccc12)NC(=O)C(N)CCCCN)C(=O)NC(C)C(=O)O. The van der Waals surface area contributed by atoms with Gasteiger partial charge in [-0.1, -0.05) is 24.6 Å². The summed E-state index contributed by atoms with van der Waals surface area (Å²) in [4.78, 5) is 53.4. The second-order valence-electron chi connectivity index (χ2n) is 8.93. The van der Waals surface area contributed by atoms with E-state index in [1.165, 1.54) is 18.7 Å². The molecule has 1 heterocycles. The van der Waals surface area contributed by atoms with Crippen molar-refractivity contribution in [3.63, 3.8) is 0 Å². The minimum absolute atomic E-state index is 0.166. The maximum atomic E-state index is 13.4. The van der Waals surface area contributed by atoms with Crippen LogP contribution in [-0.4, -0.2) is 76.5 Å². The molecule has 0 saturated heterocycles. The van der Waals surface area contributed by atoms with Crippen molar-refractivity contribution >= 4 is 46.4 Å². The molecule has 0 bridgehead atoms. The Morgan fingerprint density at radius 2 is 1.68 bits per heavy atom. The molecule has 0 radical (unpaired) electrons. The zero-order chi connectivity index (χ0) is 27.4. The van der Waals surface area contributed by atoms with Crippen LogP contribution in [0, 0.1) is 0 Å². The average molecular weight is 535 g/mol. The molecule has 12 heteroatoms. The van der Waals surface area contributed by atoms with Crippen LogP contribution in [-0.2, 0) is 25.6 Å². The normalized spacial score (nSPS) is 14.4. The number of aromatic nitrogens is 1. The van der Waals surface area contributed by atoms with Crippen molar-refractivity contribution in [3.8, 4) is 0 Å². The average Bonchev–Trinajstić information content (AvgIpc) is 3.28. The maximum Gasteiger partial charge on any atom is 0.325 e. The predicted octanol–water partition coefficient (Wildman–Crippen LogP) is 0.479. The van der Waals surface area contributed by atoms with Gasteiger partial charge in [0.15, 0.2) is 0 Å². The number of amides is 3. The summed E-state index contributed by atoms with van der Waals surface area (Å²) in [5.74, 6) is -2.26. The summed E-state index contributed by atoms with van der Waals surface area (Å²) in [6.45, 7) is 1.85. The van der Waals surface area contributed by atoms with E-state index in [1.807, 2.05) is 30.5 Å². The number of H-pyrrole nitrogens is 1. The molecule has 2 aromatic rings. The number of benzene rings is 1. The summed E-state index contributed by atoms with van der Waals surface area (Å²) in [5.41, 5.74) is 13.3. The maximum absolute atomic E-state index is 13.4. The highest BCUT2D eigenvalue weighted by Gasteiger charge is 2.30. The van der Waals surface area contributed by atoms with E-state index in [0.717, 1.165) is 22.9 Å². The third-order valence-electron chi connectivity index (χ3n) is 6.01. The minimum atomic E-state index is -1.18. The highest BCUT2D eigenvalue weighted by molar-refractivity contribution is 7.98. The molecule has 0 aliphatic rings. The van der Waals surface area contributed by atoms with Crippen LogP contribution in [0.25, 0.3) is 10.9 Å². The Kier molecular flexibility index (Phi) is 12.4. The number of para-hydroxylation sites is 1. The van der Waals surface area contributed by atoms with E-state index in [-0.39, 0.29) is 12.8 Å². The first-order valence-electron chi connectivity index (χ1n) is 12.3. The fourth-order valence-corrected chi connectivity index (χ4v) is 4.27. The molecule has 0 aliphatic heterocycles. The number of fused-ring (bicyclic) bond motifs is 1. The van der Waals surface area contributed by atoms with E-state index < -0.39 is 47.9 Å². The highest BCUT2D eigenvalue weighted by Crippen LogP contribution is 2.19. The van der Waals surface area contributed by atoms with Gasteiger partial charge in [0.2, 0.25) is 17.7 Å². The Morgan fingerprint density at radius 3 is 2.35 bits per heavy atom. The molecular weight excluding hydrogens is 496 g/mol. The van der Waals surface area contributed by atoms with Gasteiger partial charge >= 0.3 is 5.97 Å². The zero-order valence-electron chi connectivity index (χ0n) is 21.3. The van der Waals surface area contributed by atoms with Crippen LogP contribution in [0.2, 0.25) is 0 Å². The molecule has 37 heavy (non-hydrogen) atoms. The number of carbonyl (C=O) groups is 4. The highest BCUT2D eigenvalue weighted by atomic mass is 32.2. The summed E-state index contributed by atoms with van der Waals surface area (Å²) in [6.07, 6.45) is 5.95. The Labute approximate surface area is 220 Å². The first kappa shape index (κ1) is 30.1. The van der Waals surface area contributed by atoms with Crippen molar-refractivity contribution in [2.75, 3.05) is 18.6 Å². The zero-order valence-corrected chi connectivity index (χ0v) is 22.1. The second kappa shape index (κ2) is 15.2. The van der Waals surface area contributed by atoms with E-state index in [2.05, 4.69) is 20.9 Å². The number of aromatic amines is 1. The van der Waals surface area contributed by atoms with Crippen molar-refractivity contribution in [2.24, 2.45) is 11.5 Å². The molecular formula is C25H38N6O5S. The lowest BCUT2D eigenvalue weighted by molar-refractivity contribution is -0.141. The van der Waals surface area contributed by atoms with Gasteiger partial charge in [-0.2, -0.15) is 11.8 Å². The summed E-state index contributed by atoms with van der Waals surface area (Å²) in [6, 6.07) is 3.70. The lowest BCUT2D eigenvalue weighted by Gasteiger charge is -2.24. The van der Waals surface area contributed by atoms with Gasteiger partial charge in [0.1, 0.15) is 18.1 Å². The van der Waals surface area contributed by atoms with Crippen LogP contribution in [0.3, 0.4) is 0 Å². The molecule has 3 amide bonds. The van der Waals surface area contributed by atoms with Crippen LogP contribution < -0.4 is 27.4 Å². The number of aliphatic carboxylic acids is 1. The number of nitrogens with two attached hydrogens (primary N) is 2. The van der Waals surface area contributed by atoms with Crippen LogP contribution in [0.5, 0.6) is 0 Å². The van der Waals surface area contributed by atoms with Gasteiger partial charge in [0.25, 0.3) is 0 Å². The van der Waals surface area contributed by atoms with Crippen molar-refractivity contribution in [3.05, 3.63) is 36.0 Å². The Morgan fingerprint density at radius 1 is 1.00 bits per heavy atom. The van der Waals surface area contributed by atoms with Crippen molar-refractivity contribution in [2.45, 2.75) is 63.2 Å². The molecule has 2 rings (SSSR count). The first-order valence-corrected chi connectivity index (χ1v) is 13.7. The minimum Gasteiger partial charge on any atom is -0.480 e. The van der Waals surface area contributed by atoms with Crippen molar-refractivity contribution in [1.82, 2.24) is 20.9 Å². The summed E-state index contributed by atoms with van der Waals surface area (Å²) in [5, 5.41) is 17.9. The predicted molar refractivity (Wildman–Crippen MR) is 145 cm³/mol. The van der Waals surface area contributed by atoms with Gasteiger partial charge in [-0.15, -0.1) is 0 Å². The van der Waals surface area contributed by atoms with Crippen LogP contribution >= 0.6 is 11.8 Å². The number of hydrogen-bond donors (Lipinski definition) is 7. The summed E-state index contributed by atoms with van der Waals surface area (Å²) >= 11 is 1.49. The third kappa shape index (κ3) is 9.38. The summed E-state index contributed by atoms with van der Waals surface area (Å²) in [7, 11) is 0. The van der Waals surface area contributed by atoms with Gasteiger partial charge < -0.3 is 37.5 Å². The third-order valence-corrected chi connectivity index (χ3v) is 6.65. The van der Waals surface area contributed by atoms with E-state index in [9.17, 15) is 19.2 Å². The largest absolute Gasteiger partial charge is 0.480 e. The van der Waals surface area contributed by atoms with Gasteiger partial charge in [0, 0.05) is 23.5 Å². The number of unbranched alkanes of at least 4 members (excludes halogenated alkanes) is 1. The van der Waals surface area contributed by atoms with Gasteiger partial charge in [0.05, 0.1) is 6.04 Å². The molecule has 0 aliphatic carbocycles. The number of nitrogens with one attached hydrogen (secondary N) is 4. The van der Waals surface area contributed by atoms with Crippen LogP contribution in [0.15, 0.2) is 30.5 Å². The first-order chi connectivity index (χ1) is 17.7. The number of carbonyl (C=O) groups excluding carboxylic acids is 3. The molecule has 204 valence electrons. The fraction of sp³-hybridized carbons (Fsp3) is 0.520. The van der Waals surface area contributed by atoms with E-state index in [0.29, 0.717) is 25.1 Å². The van der Waals surface area contributed by atoms with Gasteiger partial charge in [-0.25, -0.2) is 0 Å². The second-order valence-corrected chi connectivity index (χ2v) is 9.91. The molecule has 1 aromatic heterocycles. The van der Waals surface area contributed by atoms with E-state index >= 15 is 0 Å². The molecule has 4 atom stereocenters. The standard InChI is InChI=1S/C25H38N6O5S/c1-15(25(35)36)29-23(33)20(10-12-37-2)30-24(34)21(31-22(32)18(27)8-5-6-11-26)13-16-14-28-19-9-4-3-7-17(16)19/h3-4,7,9,14-15,18,20-21,28H,5-6,8,10-13,26-27H2,1-2H3,(H,29,33)(H,30,34)(H,31,32)(H,35,36).